The minimum atomic E-state index is -2.99. The van der Waals surface area contributed by atoms with Gasteiger partial charge in [-0.05, 0) is 19.8 Å². The Balaban J connectivity index is 2.25. The lowest BCUT2D eigenvalue weighted by Crippen LogP contribution is -2.44. The number of hydrogen-bond donors (Lipinski definition) is 2. The number of sulfone groups is 1. The molecule has 0 aromatic rings. The molecular formula is C10H20N2O3S. The van der Waals surface area contributed by atoms with Crippen molar-refractivity contribution in [2.24, 2.45) is 5.92 Å². The van der Waals surface area contributed by atoms with Crippen molar-refractivity contribution < 1.29 is 13.2 Å². The highest BCUT2D eigenvalue weighted by Gasteiger charge is 2.23. The number of piperidine rings is 1. The van der Waals surface area contributed by atoms with Gasteiger partial charge in [0.05, 0.1) is 11.7 Å². The first-order chi connectivity index (χ1) is 7.38. The molecule has 0 aromatic carbocycles. The lowest BCUT2D eigenvalue weighted by molar-refractivity contribution is -0.125. The predicted molar refractivity (Wildman–Crippen MR) is 62.9 cm³/mol. The van der Waals surface area contributed by atoms with Crippen LogP contribution < -0.4 is 10.6 Å². The summed E-state index contributed by atoms with van der Waals surface area (Å²) in [5.41, 5.74) is 0. The maximum Gasteiger partial charge on any atom is 0.224 e. The summed E-state index contributed by atoms with van der Waals surface area (Å²) in [6.07, 6.45) is 3.03. The van der Waals surface area contributed by atoms with Crippen molar-refractivity contribution in [1.82, 2.24) is 10.6 Å². The molecule has 2 N–H and O–H groups in total. The first kappa shape index (κ1) is 13.4. The van der Waals surface area contributed by atoms with E-state index in [9.17, 15) is 13.2 Å². The monoisotopic (exact) mass is 248 g/mol. The van der Waals surface area contributed by atoms with Gasteiger partial charge in [0.25, 0.3) is 0 Å². The Kier molecular flexibility index (Phi) is 4.73. The van der Waals surface area contributed by atoms with E-state index < -0.39 is 9.84 Å². The number of hydrogen-bond acceptors (Lipinski definition) is 4. The van der Waals surface area contributed by atoms with Gasteiger partial charge in [0.2, 0.25) is 5.91 Å². The van der Waals surface area contributed by atoms with Crippen LogP contribution in [-0.4, -0.2) is 45.5 Å². The molecule has 94 valence electrons. The summed E-state index contributed by atoms with van der Waals surface area (Å²) in [7, 11) is -2.99. The molecule has 1 heterocycles. The zero-order valence-electron chi connectivity index (χ0n) is 9.82. The lowest BCUT2D eigenvalue weighted by Gasteiger charge is -2.26. The fourth-order valence-electron chi connectivity index (χ4n) is 1.73. The average molecular weight is 248 g/mol. The van der Waals surface area contributed by atoms with Gasteiger partial charge in [-0.15, -0.1) is 0 Å². The Labute approximate surface area is 96.9 Å². The summed E-state index contributed by atoms with van der Waals surface area (Å²) >= 11 is 0. The second-order valence-electron chi connectivity index (χ2n) is 4.50. The molecule has 5 nitrogen and oxygen atoms in total. The standard InChI is InChI=1S/C10H20N2O3S/c1-8-3-4-9(7-12-8)10(13)11-5-6-16(2,14)15/h8-9,12H,3-7H2,1-2H3,(H,11,13). The first-order valence-electron chi connectivity index (χ1n) is 5.57. The summed E-state index contributed by atoms with van der Waals surface area (Å²) in [5, 5.41) is 5.91. The molecule has 1 rings (SSSR count). The minimum absolute atomic E-state index is 0.00922. The molecule has 1 aliphatic heterocycles. The van der Waals surface area contributed by atoms with Gasteiger partial charge in [0, 0.05) is 25.4 Å². The number of carbonyl (C=O) groups excluding carboxylic acids is 1. The van der Waals surface area contributed by atoms with E-state index in [1.54, 1.807) is 0 Å². The van der Waals surface area contributed by atoms with Crippen molar-refractivity contribution >= 4 is 15.7 Å². The molecule has 0 spiro atoms. The lowest BCUT2D eigenvalue weighted by atomic mass is 9.95. The van der Waals surface area contributed by atoms with Crippen molar-refractivity contribution in [3.8, 4) is 0 Å². The van der Waals surface area contributed by atoms with Gasteiger partial charge in [-0.2, -0.15) is 0 Å². The Bertz CT molecular complexity index is 332. The van der Waals surface area contributed by atoms with Crippen LogP contribution in [0.3, 0.4) is 0 Å². The molecule has 0 aliphatic carbocycles. The third kappa shape index (κ3) is 4.94. The van der Waals surface area contributed by atoms with E-state index in [0.29, 0.717) is 12.6 Å². The van der Waals surface area contributed by atoms with E-state index in [2.05, 4.69) is 17.6 Å². The minimum Gasteiger partial charge on any atom is -0.355 e. The number of carbonyl (C=O) groups is 1. The van der Waals surface area contributed by atoms with Crippen LogP contribution in [0, 0.1) is 5.92 Å². The second kappa shape index (κ2) is 5.63. The quantitative estimate of drug-likeness (QED) is 0.705. The Morgan fingerprint density at radius 2 is 2.12 bits per heavy atom. The molecule has 1 fully saturated rings. The molecule has 1 aliphatic rings. The summed E-state index contributed by atoms with van der Waals surface area (Å²) < 4.78 is 21.7. The van der Waals surface area contributed by atoms with E-state index >= 15 is 0 Å². The normalized spacial score (nSPS) is 26.4. The van der Waals surface area contributed by atoms with Crippen molar-refractivity contribution in [3.63, 3.8) is 0 Å². The number of rotatable bonds is 4. The predicted octanol–water partition coefficient (Wildman–Crippen LogP) is -0.465. The molecule has 1 amide bonds. The van der Waals surface area contributed by atoms with Crippen LogP contribution in [0.4, 0.5) is 0 Å². The fourth-order valence-corrected chi connectivity index (χ4v) is 2.20. The van der Waals surface area contributed by atoms with Crippen molar-refractivity contribution in [1.29, 1.82) is 0 Å². The third-order valence-corrected chi connectivity index (χ3v) is 3.75. The van der Waals surface area contributed by atoms with Crippen LogP contribution in [0.2, 0.25) is 0 Å². The van der Waals surface area contributed by atoms with Crippen LogP contribution in [0.5, 0.6) is 0 Å². The molecule has 1 saturated heterocycles. The summed E-state index contributed by atoms with van der Waals surface area (Å²) in [6, 6.07) is 0.472. The van der Waals surface area contributed by atoms with Gasteiger partial charge in [-0.3, -0.25) is 4.79 Å². The summed E-state index contributed by atoms with van der Waals surface area (Å²) in [4.78, 5) is 11.6. The smallest absolute Gasteiger partial charge is 0.224 e. The number of amides is 1. The maximum atomic E-state index is 11.6. The topological polar surface area (TPSA) is 75.3 Å². The second-order valence-corrected chi connectivity index (χ2v) is 6.76. The molecule has 0 bridgehead atoms. The van der Waals surface area contributed by atoms with Gasteiger partial charge >= 0.3 is 0 Å². The van der Waals surface area contributed by atoms with E-state index in [1.165, 1.54) is 6.26 Å². The van der Waals surface area contributed by atoms with Gasteiger partial charge in [-0.25, -0.2) is 8.42 Å². The van der Waals surface area contributed by atoms with E-state index in [0.717, 1.165) is 12.8 Å². The first-order valence-corrected chi connectivity index (χ1v) is 7.63. The Hall–Kier alpha value is -0.620. The Morgan fingerprint density at radius 3 is 2.62 bits per heavy atom. The Morgan fingerprint density at radius 1 is 1.44 bits per heavy atom. The maximum absolute atomic E-state index is 11.6. The molecule has 0 radical (unpaired) electrons. The molecule has 2 unspecified atom stereocenters. The van der Waals surface area contributed by atoms with Crippen LogP contribution >= 0.6 is 0 Å². The molecule has 2 atom stereocenters. The van der Waals surface area contributed by atoms with Crippen molar-refractivity contribution in [2.45, 2.75) is 25.8 Å². The van der Waals surface area contributed by atoms with Crippen molar-refractivity contribution in [3.05, 3.63) is 0 Å². The summed E-state index contributed by atoms with van der Waals surface area (Å²) in [6.45, 7) is 2.99. The average Bonchev–Trinajstić information content (AvgIpc) is 2.16. The van der Waals surface area contributed by atoms with Gasteiger partial charge in [0.15, 0.2) is 0 Å². The van der Waals surface area contributed by atoms with E-state index in [1.807, 2.05) is 0 Å². The largest absolute Gasteiger partial charge is 0.355 e. The van der Waals surface area contributed by atoms with Gasteiger partial charge in [-0.1, -0.05) is 0 Å². The highest BCUT2D eigenvalue weighted by Crippen LogP contribution is 2.13. The molecule has 0 saturated carbocycles. The van der Waals surface area contributed by atoms with Crippen LogP contribution in [-0.2, 0) is 14.6 Å². The fraction of sp³-hybridized carbons (Fsp3) is 0.900. The molecule has 0 aromatic heterocycles. The van der Waals surface area contributed by atoms with Gasteiger partial charge < -0.3 is 10.6 Å². The molecular weight excluding hydrogens is 228 g/mol. The zero-order chi connectivity index (χ0) is 12.2. The van der Waals surface area contributed by atoms with E-state index in [-0.39, 0.29) is 24.1 Å². The zero-order valence-corrected chi connectivity index (χ0v) is 10.6. The van der Waals surface area contributed by atoms with Crippen LogP contribution in [0.1, 0.15) is 19.8 Å². The SMILES string of the molecule is CC1CCC(C(=O)NCCS(C)(=O)=O)CN1. The highest BCUT2D eigenvalue weighted by atomic mass is 32.2. The summed E-state index contributed by atoms with van der Waals surface area (Å²) in [5.74, 6) is -0.0474. The van der Waals surface area contributed by atoms with Crippen LogP contribution in [0.15, 0.2) is 0 Å². The van der Waals surface area contributed by atoms with Crippen molar-refractivity contribution in [2.75, 3.05) is 25.1 Å². The van der Waals surface area contributed by atoms with Crippen LogP contribution in [0.25, 0.3) is 0 Å². The molecule has 16 heavy (non-hydrogen) atoms. The van der Waals surface area contributed by atoms with E-state index in [4.69, 9.17) is 0 Å². The number of nitrogens with one attached hydrogen (secondary N) is 2. The highest BCUT2D eigenvalue weighted by molar-refractivity contribution is 7.90. The van der Waals surface area contributed by atoms with Gasteiger partial charge in [0.1, 0.15) is 9.84 Å². The molecule has 6 heteroatoms. The third-order valence-electron chi connectivity index (χ3n) is 2.80.